The summed E-state index contributed by atoms with van der Waals surface area (Å²) in [6.45, 7) is 0. The van der Waals surface area contributed by atoms with Crippen LogP contribution in [0.1, 0.15) is 10.5 Å². The van der Waals surface area contributed by atoms with Gasteiger partial charge in [0.1, 0.15) is 17.3 Å². The first kappa shape index (κ1) is 16.8. The van der Waals surface area contributed by atoms with E-state index in [0.29, 0.717) is 10.7 Å². The summed E-state index contributed by atoms with van der Waals surface area (Å²) in [6, 6.07) is 12.9. The van der Waals surface area contributed by atoms with Crippen molar-refractivity contribution in [3.05, 3.63) is 76.9 Å². The summed E-state index contributed by atoms with van der Waals surface area (Å²) in [4.78, 5) is 12.1. The Kier molecular flexibility index (Phi) is 4.85. The molecular formula is C17H11ClF2N4O. The average Bonchev–Trinajstić information content (AvgIpc) is 2.59. The zero-order chi connectivity index (χ0) is 17.8. The zero-order valence-corrected chi connectivity index (χ0v) is 13.4. The summed E-state index contributed by atoms with van der Waals surface area (Å²) in [6.07, 6.45) is 0. The first-order valence-corrected chi connectivity index (χ1v) is 7.52. The van der Waals surface area contributed by atoms with Crippen molar-refractivity contribution in [2.75, 3.05) is 10.6 Å². The fourth-order valence-corrected chi connectivity index (χ4v) is 2.22. The molecule has 0 aliphatic heterocycles. The number of rotatable bonds is 4. The minimum atomic E-state index is -0.760. The van der Waals surface area contributed by atoms with Crippen LogP contribution < -0.4 is 10.6 Å². The van der Waals surface area contributed by atoms with Crippen LogP contribution >= 0.6 is 11.6 Å². The van der Waals surface area contributed by atoms with E-state index in [1.54, 1.807) is 24.3 Å². The predicted molar refractivity (Wildman–Crippen MR) is 91.1 cm³/mol. The second-order valence-electron chi connectivity index (χ2n) is 4.99. The third-order valence-corrected chi connectivity index (χ3v) is 3.43. The van der Waals surface area contributed by atoms with Gasteiger partial charge in [-0.25, -0.2) is 8.78 Å². The number of halogens is 3. The van der Waals surface area contributed by atoms with E-state index in [0.717, 1.165) is 12.1 Å². The third kappa shape index (κ3) is 4.07. The Labute approximate surface area is 146 Å². The Hall–Kier alpha value is -3.06. The fourth-order valence-electron chi connectivity index (χ4n) is 2.03. The molecular weight excluding hydrogens is 350 g/mol. The molecule has 25 heavy (non-hydrogen) atoms. The van der Waals surface area contributed by atoms with Crippen molar-refractivity contribution in [1.29, 1.82) is 0 Å². The standard InChI is InChI=1S/C17H11ClF2N4O/c18-10-3-1-4-11(9-10)21-17(25)14-7-8-15(24-23-14)22-16-12(19)5-2-6-13(16)20/h1-9H,(H,21,25)(H,22,24). The van der Waals surface area contributed by atoms with Crippen molar-refractivity contribution in [3.8, 4) is 0 Å². The number of carbonyl (C=O) groups is 1. The van der Waals surface area contributed by atoms with Gasteiger partial charge in [0.25, 0.3) is 5.91 Å². The smallest absolute Gasteiger partial charge is 0.276 e. The van der Waals surface area contributed by atoms with E-state index in [9.17, 15) is 13.6 Å². The maximum Gasteiger partial charge on any atom is 0.276 e. The minimum Gasteiger partial charge on any atom is -0.334 e. The molecule has 0 bridgehead atoms. The molecule has 5 nitrogen and oxygen atoms in total. The maximum atomic E-state index is 13.6. The van der Waals surface area contributed by atoms with E-state index in [1.165, 1.54) is 18.2 Å². The molecule has 0 atom stereocenters. The van der Waals surface area contributed by atoms with Gasteiger partial charge in [0.05, 0.1) is 0 Å². The molecule has 126 valence electrons. The number of nitrogens with one attached hydrogen (secondary N) is 2. The zero-order valence-electron chi connectivity index (χ0n) is 12.6. The van der Waals surface area contributed by atoms with Crippen LogP contribution in [-0.2, 0) is 0 Å². The van der Waals surface area contributed by atoms with Crippen LogP contribution in [0.3, 0.4) is 0 Å². The number of hydrogen-bond donors (Lipinski definition) is 2. The van der Waals surface area contributed by atoms with Gasteiger partial charge in [0.2, 0.25) is 0 Å². The Morgan fingerprint density at radius 1 is 0.960 bits per heavy atom. The highest BCUT2D eigenvalue weighted by Crippen LogP contribution is 2.22. The molecule has 0 spiro atoms. The van der Waals surface area contributed by atoms with E-state index in [4.69, 9.17) is 11.6 Å². The Bertz CT molecular complexity index is 899. The predicted octanol–water partition coefficient (Wildman–Crippen LogP) is 4.40. The number of benzene rings is 2. The molecule has 1 aromatic heterocycles. The Morgan fingerprint density at radius 2 is 1.68 bits per heavy atom. The van der Waals surface area contributed by atoms with Gasteiger partial charge >= 0.3 is 0 Å². The van der Waals surface area contributed by atoms with Gasteiger partial charge in [-0.3, -0.25) is 4.79 Å². The number of hydrogen-bond acceptors (Lipinski definition) is 4. The molecule has 1 heterocycles. The average molecular weight is 361 g/mol. The van der Waals surface area contributed by atoms with Crippen LogP contribution in [0, 0.1) is 11.6 Å². The second-order valence-corrected chi connectivity index (χ2v) is 5.43. The number of para-hydroxylation sites is 1. The normalized spacial score (nSPS) is 10.4. The molecule has 0 saturated carbocycles. The topological polar surface area (TPSA) is 66.9 Å². The van der Waals surface area contributed by atoms with Crippen LogP contribution in [0.5, 0.6) is 0 Å². The molecule has 1 amide bonds. The molecule has 2 N–H and O–H groups in total. The summed E-state index contributed by atoms with van der Waals surface area (Å²) in [5.41, 5.74) is 0.211. The van der Waals surface area contributed by atoms with E-state index >= 15 is 0 Å². The highest BCUT2D eigenvalue weighted by atomic mass is 35.5. The largest absolute Gasteiger partial charge is 0.334 e. The van der Waals surface area contributed by atoms with Gasteiger partial charge in [0.15, 0.2) is 11.5 Å². The summed E-state index contributed by atoms with van der Waals surface area (Å²) in [7, 11) is 0. The van der Waals surface area contributed by atoms with E-state index in [2.05, 4.69) is 20.8 Å². The molecule has 0 aliphatic rings. The first-order chi connectivity index (χ1) is 12.0. The molecule has 8 heteroatoms. The van der Waals surface area contributed by atoms with Crippen molar-refractivity contribution < 1.29 is 13.6 Å². The number of aromatic nitrogens is 2. The van der Waals surface area contributed by atoms with Crippen LogP contribution in [-0.4, -0.2) is 16.1 Å². The van der Waals surface area contributed by atoms with Crippen LogP contribution in [0.4, 0.5) is 26.0 Å². The Morgan fingerprint density at radius 3 is 2.32 bits per heavy atom. The van der Waals surface area contributed by atoms with E-state index < -0.39 is 17.5 Å². The van der Waals surface area contributed by atoms with Crippen LogP contribution in [0.25, 0.3) is 0 Å². The number of amides is 1. The molecule has 0 fully saturated rings. The lowest BCUT2D eigenvalue weighted by Gasteiger charge is -2.08. The van der Waals surface area contributed by atoms with Crippen LogP contribution in [0.15, 0.2) is 54.6 Å². The molecule has 0 unspecified atom stereocenters. The lowest BCUT2D eigenvalue weighted by atomic mass is 10.3. The van der Waals surface area contributed by atoms with Gasteiger partial charge in [-0.1, -0.05) is 23.7 Å². The molecule has 0 radical (unpaired) electrons. The number of carbonyl (C=O) groups excluding carboxylic acids is 1. The second kappa shape index (κ2) is 7.23. The first-order valence-electron chi connectivity index (χ1n) is 7.14. The molecule has 3 aromatic rings. The summed E-state index contributed by atoms with van der Waals surface area (Å²) in [5, 5.41) is 13.1. The highest BCUT2D eigenvalue weighted by Gasteiger charge is 2.12. The lowest BCUT2D eigenvalue weighted by Crippen LogP contribution is -2.14. The lowest BCUT2D eigenvalue weighted by molar-refractivity contribution is 0.102. The fraction of sp³-hybridized carbons (Fsp3) is 0. The number of anilines is 3. The maximum absolute atomic E-state index is 13.6. The van der Waals surface area contributed by atoms with Gasteiger partial charge in [-0.15, -0.1) is 10.2 Å². The van der Waals surface area contributed by atoms with Crippen molar-refractivity contribution >= 4 is 34.7 Å². The molecule has 0 saturated heterocycles. The van der Waals surface area contributed by atoms with Gasteiger partial charge in [-0.05, 0) is 42.5 Å². The van der Waals surface area contributed by atoms with Gasteiger partial charge < -0.3 is 10.6 Å². The summed E-state index contributed by atoms with van der Waals surface area (Å²) in [5.74, 6) is -1.91. The van der Waals surface area contributed by atoms with E-state index in [1.807, 2.05) is 0 Å². The van der Waals surface area contributed by atoms with Crippen molar-refractivity contribution in [2.45, 2.75) is 0 Å². The van der Waals surface area contributed by atoms with Crippen LogP contribution in [0.2, 0.25) is 5.02 Å². The van der Waals surface area contributed by atoms with Crippen molar-refractivity contribution in [3.63, 3.8) is 0 Å². The Balaban J connectivity index is 1.72. The van der Waals surface area contributed by atoms with Gasteiger partial charge in [0, 0.05) is 10.7 Å². The molecule has 3 rings (SSSR count). The monoisotopic (exact) mass is 360 g/mol. The highest BCUT2D eigenvalue weighted by molar-refractivity contribution is 6.30. The quantitative estimate of drug-likeness (QED) is 0.723. The van der Waals surface area contributed by atoms with Crippen molar-refractivity contribution in [2.24, 2.45) is 0 Å². The molecule has 2 aromatic carbocycles. The number of nitrogens with zero attached hydrogens (tertiary/aromatic N) is 2. The van der Waals surface area contributed by atoms with Gasteiger partial charge in [-0.2, -0.15) is 0 Å². The van der Waals surface area contributed by atoms with Crippen molar-refractivity contribution in [1.82, 2.24) is 10.2 Å². The molecule has 0 aliphatic carbocycles. The summed E-state index contributed by atoms with van der Waals surface area (Å²) >= 11 is 5.85. The van der Waals surface area contributed by atoms with E-state index in [-0.39, 0.29) is 17.2 Å². The minimum absolute atomic E-state index is 0.0412. The third-order valence-electron chi connectivity index (χ3n) is 3.20. The summed E-state index contributed by atoms with van der Waals surface area (Å²) < 4.78 is 27.2. The SMILES string of the molecule is O=C(Nc1cccc(Cl)c1)c1ccc(Nc2c(F)cccc2F)nn1.